The lowest BCUT2D eigenvalue weighted by molar-refractivity contribution is 0.0450. The zero-order chi connectivity index (χ0) is 15.6. The van der Waals surface area contributed by atoms with Gasteiger partial charge in [0.25, 0.3) is 5.91 Å². The number of nitrogens with zero attached hydrogens (tertiary/aromatic N) is 1. The van der Waals surface area contributed by atoms with Crippen molar-refractivity contribution >= 4 is 5.91 Å². The predicted molar refractivity (Wildman–Crippen MR) is 82.5 cm³/mol. The molecule has 0 bridgehead atoms. The number of hydrogen-bond acceptors (Lipinski definition) is 3. The van der Waals surface area contributed by atoms with Gasteiger partial charge in [0.1, 0.15) is 5.75 Å². The molecule has 21 heavy (non-hydrogen) atoms. The van der Waals surface area contributed by atoms with E-state index in [2.05, 4.69) is 0 Å². The summed E-state index contributed by atoms with van der Waals surface area (Å²) in [6.45, 7) is 4.25. The number of hydrogen-bond donors (Lipinski definition) is 2. The highest BCUT2D eigenvalue weighted by atomic mass is 16.3. The Morgan fingerprint density at radius 3 is 2.62 bits per heavy atom. The van der Waals surface area contributed by atoms with Gasteiger partial charge in [0.15, 0.2) is 0 Å². The minimum atomic E-state index is -0.317. The molecule has 0 spiro atoms. The molecule has 0 saturated heterocycles. The van der Waals surface area contributed by atoms with Gasteiger partial charge in [-0.3, -0.25) is 4.79 Å². The Morgan fingerprint density at radius 1 is 1.29 bits per heavy atom. The van der Waals surface area contributed by atoms with Crippen LogP contribution in [0, 0.1) is 19.8 Å². The topological polar surface area (TPSA) is 60.8 Å². The molecule has 2 unspecified atom stereocenters. The van der Waals surface area contributed by atoms with Crippen molar-refractivity contribution < 1.29 is 15.0 Å². The number of benzene rings is 1. The highest BCUT2D eigenvalue weighted by Gasteiger charge is 2.27. The summed E-state index contributed by atoms with van der Waals surface area (Å²) in [5.74, 6) is 0.0193. The molecule has 0 radical (unpaired) electrons. The first-order valence-electron chi connectivity index (χ1n) is 7.64. The van der Waals surface area contributed by atoms with E-state index in [0.717, 1.165) is 36.8 Å². The molecule has 1 aromatic carbocycles. The van der Waals surface area contributed by atoms with Gasteiger partial charge in [-0.2, -0.15) is 0 Å². The van der Waals surface area contributed by atoms with Crippen LogP contribution < -0.4 is 0 Å². The second kappa shape index (κ2) is 6.48. The van der Waals surface area contributed by atoms with Crippen LogP contribution in [-0.2, 0) is 0 Å². The summed E-state index contributed by atoms with van der Waals surface area (Å²) in [7, 11) is 1.73. The zero-order valence-corrected chi connectivity index (χ0v) is 13.1. The van der Waals surface area contributed by atoms with Crippen molar-refractivity contribution in [1.29, 1.82) is 0 Å². The number of aliphatic hydroxyl groups is 1. The minimum Gasteiger partial charge on any atom is -0.507 e. The molecule has 2 atom stereocenters. The molecule has 2 N–H and O–H groups in total. The maximum absolute atomic E-state index is 12.5. The zero-order valence-electron chi connectivity index (χ0n) is 13.1. The van der Waals surface area contributed by atoms with Gasteiger partial charge in [-0.1, -0.05) is 18.9 Å². The van der Waals surface area contributed by atoms with Crippen LogP contribution in [0.1, 0.15) is 47.2 Å². The van der Waals surface area contributed by atoms with E-state index >= 15 is 0 Å². The molecule has 1 amide bonds. The van der Waals surface area contributed by atoms with E-state index in [1.54, 1.807) is 18.0 Å². The molecule has 0 aliphatic heterocycles. The minimum absolute atomic E-state index is 0.0658. The lowest BCUT2D eigenvalue weighted by Crippen LogP contribution is -2.38. The summed E-state index contributed by atoms with van der Waals surface area (Å²) in [4.78, 5) is 14.1. The van der Waals surface area contributed by atoms with Crippen LogP contribution in [0.5, 0.6) is 5.75 Å². The summed E-state index contributed by atoms with van der Waals surface area (Å²) in [6, 6.07) is 3.53. The van der Waals surface area contributed by atoms with Gasteiger partial charge in [-0.15, -0.1) is 0 Å². The van der Waals surface area contributed by atoms with Crippen LogP contribution in [0.3, 0.4) is 0 Å². The molecule has 4 nitrogen and oxygen atoms in total. The molecule has 116 valence electrons. The number of amides is 1. The van der Waals surface area contributed by atoms with E-state index in [-0.39, 0.29) is 23.7 Å². The Balaban J connectivity index is 2.10. The lowest BCUT2D eigenvalue weighted by Gasteiger charge is -2.31. The largest absolute Gasteiger partial charge is 0.507 e. The normalized spacial score (nSPS) is 22.1. The van der Waals surface area contributed by atoms with Gasteiger partial charge in [0.2, 0.25) is 0 Å². The number of carbonyl (C=O) groups is 1. The van der Waals surface area contributed by atoms with Gasteiger partial charge in [-0.05, 0) is 43.9 Å². The second-order valence-electron chi connectivity index (χ2n) is 6.20. The molecular formula is C17H25NO3. The van der Waals surface area contributed by atoms with Crippen molar-refractivity contribution in [3.05, 3.63) is 28.8 Å². The number of rotatable bonds is 3. The molecule has 4 heteroatoms. The Morgan fingerprint density at radius 2 is 1.95 bits per heavy atom. The first kappa shape index (κ1) is 15.8. The summed E-state index contributed by atoms with van der Waals surface area (Å²) in [5, 5.41) is 20.2. The maximum atomic E-state index is 12.5. The van der Waals surface area contributed by atoms with Crippen molar-refractivity contribution in [1.82, 2.24) is 4.90 Å². The van der Waals surface area contributed by atoms with Gasteiger partial charge >= 0.3 is 0 Å². The van der Waals surface area contributed by atoms with Crippen LogP contribution >= 0.6 is 0 Å². The van der Waals surface area contributed by atoms with E-state index in [0.29, 0.717) is 12.1 Å². The van der Waals surface area contributed by atoms with Gasteiger partial charge < -0.3 is 15.1 Å². The molecule has 0 heterocycles. The summed E-state index contributed by atoms with van der Waals surface area (Å²) in [5.41, 5.74) is 2.05. The first-order chi connectivity index (χ1) is 9.91. The van der Waals surface area contributed by atoms with Gasteiger partial charge in [0.05, 0.1) is 11.7 Å². The number of phenols is 1. The van der Waals surface area contributed by atoms with Gasteiger partial charge in [-0.25, -0.2) is 0 Å². The van der Waals surface area contributed by atoms with Crippen LogP contribution in [0.4, 0.5) is 0 Å². The van der Waals surface area contributed by atoms with Crippen LogP contribution in [0.2, 0.25) is 0 Å². The van der Waals surface area contributed by atoms with Crippen LogP contribution in [0.15, 0.2) is 12.1 Å². The highest BCUT2D eigenvalue weighted by molar-refractivity contribution is 5.97. The Bertz CT molecular complexity index is 527. The van der Waals surface area contributed by atoms with E-state index in [1.165, 1.54) is 0 Å². The molecule has 2 rings (SSSR count). The third-order valence-electron chi connectivity index (χ3n) is 4.66. The number of aromatic hydroxyl groups is 1. The quantitative estimate of drug-likeness (QED) is 0.900. The average Bonchev–Trinajstić information content (AvgIpc) is 2.46. The number of phenolic OH excluding ortho intramolecular Hbond substituents is 1. The fourth-order valence-corrected chi connectivity index (χ4v) is 3.01. The van der Waals surface area contributed by atoms with Gasteiger partial charge in [0, 0.05) is 19.5 Å². The highest BCUT2D eigenvalue weighted by Crippen LogP contribution is 2.28. The monoisotopic (exact) mass is 291 g/mol. The average molecular weight is 291 g/mol. The number of carbonyl (C=O) groups excluding carboxylic acids is 1. The third-order valence-corrected chi connectivity index (χ3v) is 4.66. The number of aryl methyl sites for hydroxylation is 1. The maximum Gasteiger partial charge on any atom is 0.257 e. The van der Waals surface area contributed by atoms with Crippen molar-refractivity contribution in [3.63, 3.8) is 0 Å². The van der Waals surface area contributed by atoms with Crippen LogP contribution in [-0.4, -0.2) is 40.7 Å². The molecule has 1 aliphatic rings. The Hall–Kier alpha value is -1.55. The summed E-state index contributed by atoms with van der Waals surface area (Å²) in [6.07, 6.45) is 3.63. The molecule has 1 aromatic rings. The smallest absolute Gasteiger partial charge is 0.257 e. The SMILES string of the molecule is Cc1ccc(C(=O)N(C)CC2CCCCC2O)c(O)c1C. The summed E-state index contributed by atoms with van der Waals surface area (Å²) < 4.78 is 0. The Labute approximate surface area is 126 Å². The lowest BCUT2D eigenvalue weighted by atomic mass is 9.86. The van der Waals surface area contributed by atoms with E-state index in [9.17, 15) is 15.0 Å². The van der Waals surface area contributed by atoms with E-state index in [4.69, 9.17) is 0 Å². The molecule has 1 fully saturated rings. The van der Waals surface area contributed by atoms with Crippen molar-refractivity contribution in [2.24, 2.45) is 5.92 Å². The van der Waals surface area contributed by atoms with Crippen LogP contribution in [0.25, 0.3) is 0 Å². The molecule has 1 saturated carbocycles. The van der Waals surface area contributed by atoms with E-state index in [1.807, 2.05) is 19.9 Å². The fraction of sp³-hybridized carbons (Fsp3) is 0.588. The van der Waals surface area contributed by atoms with Crippen molar-refractivity contribution in [2.75, 3.05) is 13.6 Å². The third kappa shape index (κ3) is 3.38. The summed E-state index contributed by atoms with van der Waals surface area (Å²) >= 11 is 0. The Kier molecular flexibility index (Phi) is 4.88. The van der Waals surface area contributed by atoms with E-state index < -0.39 is 0 Å². The molecular weight excluding hydrogens is 266 g/mol. The van der Waals surface area contributed by atoms with Crippen molar-refractivity contribution in [3.8, 4) is 5.75 Å². The predicted octanol–water partition coefficient (Wildman–Crippen LogP) is 2.63. The first-order valence-corrected chi connectivity index (χ1v) is 7.64. The fourth-order valence-electron chi connectivity index (χ4n) is 3.01. The van der Waals surface area contributed by atoms with Crippen molar-refractivity contribution in [2.45, 2.75) is 45.6 Å². The molecule has 0 aromatic heterocycles. The number of aliphatic hydroxyl groups excluding tert-OH is 1. The standard InChI is InChI=1S/C17H25NO3/c1-11-8-9-14(16(20)12(11)2)17(21)18(3)10-13-6-4-5-7-15(13)19/h8-9,13,15,19-20H,4-7,10H2,1-3H3. The second-order valence-corrected chi connectivity index (χ2v) is 6.20. The molecule has 1 aliphatic carbocycles.